The van der Waals surface area contributed by atoms with Crippen molar-refractivity contribution in [2.75, 3.05) is 20.1 Å². The van der Waals surface area contributed by atoms with Crippen LogP contribution in [0.25, 0.3) is 5.70 Å². The first-order valence-corrected chi connectivity index (χ1v) is 12.2. The van der Waals surface area contributed by atoms with Gasteiger partial charge in [-0.25, -0.2) is 13.2 Å². The second kappa shape index (κ2) is 10.9. The van der Waals surface area contributed by atoms with Crippen molar-refractivity contribution in [3.05, 3.63) is 75.1 Å². The molecule has 0 bridgehead atoms. The van der Waals surface area contributed by atoms with E-state index in [9.17, 15) is 22.8 Å². The van der Waals surface area contributed by atoms with E-state index in [1.165, 1.54) is 23.1 Å². The predicted molar refractivity (Wildman–Crippen MR) is 135 cm³/mol. The number of halogens is 4. The van der Waals surface area contributed by atoms with Crippen LogP contribution in [0.2, 0.25) is 5.02 Å². The number of carbonyl (C=O) groups excluding carboxylic acids is 2. The Morgan fingerprint density at radius 2 is 1.84 bits per heavy atom. The molecule has 2 aromatic carbocycles. The van der Waals surface area contributed by atoms with Crippen molar-refractivity contribution in [1.29, 1.82) is 5.41 Å². The SMILES string of the molecule is CN/C(=C1/CCN(C(=O)c2cc(F)cc(CNC3CNC(=O)C3)c2Cl)C(C)C1=N)c1cc(F)cc(F)c1. The zero-order valence-corrected chi connectivity index (χ0v) is 21.1. The van der Waals surface area contributed by atoms with Crippen LogP contribution in [0.15, 0.2) is 35.9 Å². The Bertz CT molecular complexity index is 1280. The molecule has 0 spiro atoms. The minimum absolute atomic E-state index is 0.0211. The average molecular weight is 534 g/mol. The summed E-state index contributed by atoms with van der Waals surface area (Å²) < 4.78 is 42.1. The van der Waals surface area contributed by atoms with Gasteiger partial charge < -0.3 is 26.3 Å². The summed E-state index contributed by atoms with van der Waals surface area (Å²) in [7, 11) is 1.60. The number of rotatable bonds is 6. The van der Waals surface area contributed by atoms with Crippen LogP contribution in [0.5, 0.6) is 0 Å². The van der Waals surface area contributed by atoms with Gasteiger partial charge in [-0.05, 0) is 43.2 Å². The molecule has 2 unspecified atom stereocenters. The largest absolute Gasteiger partial charge is 0.387 e. The molecule has 0 aliphatic carbocycles. The highest BCUT2D eigenvalue weighted by Crippen LogP contribution is 2.30. The zero-order valence-electron chi connectivity index (χ0n) is 20.4. The number of amides is 2. The topological polar surface area (TPSA) is 97.3 Å². The highest BCUT2D eigenvalue weighted by atomic mass is 35.5. The molecular weight excluding hydrogens is 507 g/mol. The molecule has 0 saturated carbocycles. The maximum absolute atomic E-state index is 14.5. The third kappa shape index (κ3) is 5.65. The van der Waals surface area contributed by atoms with Crippen molar-refractivity contribution in [3.63, 3.8) is 0 Å². The van der Waals surface area contributed by atoms with Crippen LogP contribution >= 0.6 is 11.6 Å². The zero-order chi connectivity index (χ0) is 26.9. The van der Waals surface area contributed by atoms with Crippen LogP contribution < -0.4 is 16.0 Å². The van der Waals surface area contributed by atoms with Gasteiger partial charge in [-0.1, -0.05) is 11.6 Å². The number of nitrogens with zero attached hydrogens (tertiary/aromatic N) is 1. The van der Waals surface area contributed by atoms with Gasteiger partial charge in [0.15, 0.2) is 0 Å². The maximum atomic E-state index is 14.5. The average Bonchev–Trinajstić information content (AvgIpc) is 3.26. The highest BCUT2D eigenvalue weighted by molar-refractivity contribution is 6.34. The number of carbonyl (C=O) groups is 2. The number of likely N-dealkylation sites (tertiary alicyclic amines) is 1. The van der Waals surface area contributed by atoms with E-state index in [-0.39, 0.29) is 53.3 Å². The summed E-state index contributed by atoms with van der Waals surface area (Å²) in [6, 6.07) is 4.63. The van der Waals surface area contributed by atoms with Crippen molar-refractivity contribution < 1.29 is 22.8 Å². The van der Waals surface area contributed by atoms with E-state index in [1.54, 1.807) is 14.0 Å². The fourth-order valence-electron chi connectivity index (χ4n) is 4.76. The lowest BCUT2D eigenvalue weighted by Gasteiger charge is -2.36. The molecule has 37 heavy (non-hydrogen) atoms. The second-order valence-electron chi connectivity index (χ2n) is 9.11. The molecule has 7 nitrogen and oxygen atoms in total. The number of hydrogen-bond acceptors (Lipinski definition) is 5. The van der Waals surface area contributed by atoms with Crippen LogP contribution in [-0.4, -0.2) is 54.6 Å². The van der Waals surface area contributed by atoms with Crippen LogP contribution in [0.1, 0.15) is 41.3 Å². The number of hydrogen-bond donors (Lipinski definition) is 4. The van der Waals surface area contributed by atoms with Crippen molar-refractivity contribution in [1.82, 2.24) is 20.9 Å². The second-order valence-corrected chi connectivity index (χ2v) is 9.49. The molecule has 11 heteroatoms. The lowest BCUT2D eigenvalue weighted by Crippen LogP contribution is -2.48. The molecule has 2 aliphatic heterocycles. The Morgan fingerprint density at radius 1 is 1.16 bits per heavy atom. The molecule has 4 N–H and O–H groups in total. The molecule has 0 aromatic heterocycles. The summed E-state index contributed by atoms with van der Waals surface area (Å²) in [5, 5.41) is 17.6. The summed E-state index contributed by atoms with van der Waals surface area (Å²) in [5.41, 5.74) is 1.65. The van der Waals surface area contributed by atoms with Crippen molar-refractivity contribution in [2.24, 2.45) is 0 Å². The smallest absolute Gasteiger partial charge is 0.256 e. The molecule has 0 radical (unpaired) electrons. The van der Waals surface area contributed by atoms with E-state index in [1.807, 2.05) is 0 Å². The summed E-state index contributed by atoms with van der Waals surface area (Å²) in [6.07, 6.45) is 0.548. The van der Waals surface area contributed by atoms with Gasteiger partial charge in [0, 0.05) is 62.0 Å². The molecule has 2 saturated heterocycles. The summed E-state index contributed by atoms with van der Waals surface area (Å²) in [6.45, 7) is 2.48. The molecule has 4 rings (SSSR count). The molecule has 2 heterocycles. The van der Waals surface area contributed by atoms with Crippen LogP contribution in [-0.2, 0) is 11.3 Å². The molecule has 2 aromatic rings. The number of nitrogens with one attached hydrogen (secondary N) is 4. The molecule has 2 fully saturated rings. The predicted octanol–water partition coefficient (Wildman–Crippen LogP) is 3.62. The van der Waals surface area contributed by atoms with Gasteiger partial charge in [0.2, 0.25) is 5.91 Å². The Kier molecular flexibility index (Phi) is 7.89. The number of benzene rings is 2. The van der Waals surface area contributed by atoms with Crippen LogP contribution in [0.3, 0.4) is 0 Å². The van der Waals surface area contributed by atoms with Gasteiger partial charge in [-0.2, -0.15) is 0 Å². The normalized spacial score (nSPS) is 21.2. The molecule has 2 atom stereocenters. The third-order valence-electron chi connectivity index (χ3n) is 6.68. The van der Waals surface area contributed by atoms with Crippen molar-refractivity contribution in [2.45, 2.75) is 38.4 Å². The van der Waals surface area contributed by atoms with Gasteiger partial charge in [-0.3, -0.25) is 9.59 Å². The first kappa shape index (κ1) is 26.7. The van der Waals surface area contributed by atoms with Gasteiger partial charge in [-0.15, -0.1) is 0 Å². The van der Waals surface area contributed by atoms with E-state index < -0.39 is 29.4 Å². The van der Waals surface area contributed by atoms with E-state index in [0.29, 0.717) is 29.8 Å². The van der Waals surface area contributed by atoms with Gasteiger partial charge >= 0.3 is 0 Å². The minimum atomic E-state index is -0.739. The van der Waals surface area contributed by atoms with Crippen molar-refractivity contribution >= 4 is 34.8 Å². The van der Waals surface area contributed by atoms with Crippen LogP contribution in [0, 0.1) is 22.9 Å². The van der Waals surface area contributed by atoms with E-state index >= 15 is 0 Å². The molecule has 2 amide bonds. The standard InChI is InChI=1S/C26H27ClF3N5O2/c1-13-24(31)20(25(32-2)14-5-16(28)8-17(29)6-14)3-4-35(13)26(37)21-9-18(30)7-15(23(21)27)11-33-19-10-22(36)34-12-19/h5-9,13,19,31-33H,3-4,10-12H2,1-2H3,(H,34,36)/b25-20-,31-24?. The lowest BCUT2D eigenvalue weighted by molar-refractivity contribution is -0.119. The van der Waals surface area contributed by atoms with Gasteiger partial charge in [0.25, 0.3) is 5.91 Å². The Labute approximate surface area is 217 Å². The highest BCUT2D eigenvalue weighted by Gasteiger charge is 2.34. The Hall–Kier alpha value is -3.37. The van der Waals surface area contributed by atoms with E-state index in [4.69, 9.17) is 17.0 Å². The third-order valence-corrected chi connectivity index (χ3v) is 7.13. The molecule has 196 valence electrons. The fraction of sp³-hybridized carbons (Fsp3) is 0.346. The Morgan fingerprint density at radius 3 is 2.46 bits per heavy atom. The summed E-state index contributed by atoms with van der Waals surface area (Å²) >= 11 is 6.52. The first-order valence-electron chi connectivity index (χ1n) is 11.8. The quantitative estimate of drug-likeness (QED) is 0.456. The summed E-state index contributed by atoms with van der Waals surface area (Å²) in [4.78, 5) is 26.3. The fourth-order valence-corrected chi connectivity index (χ4v) is 5.02. The summed E-state index contributed by atoms with van der Waals surface area (Å²) in [5.74, 6) is -2.70. The van der Waals surface area contributed by atoms with Gasteiger partial charge in [0.1, 0.15) is 17.5 Å². The lowest BCUT2D eigenvalue weighted by atomic mass is 9.90. The molecular formula is C26H27ClF3N5O2. The van der Waals surface area contributed by atoms with E-state index in [0.717, 1.165) is 12.1 Å². The van der Waals surface area contributed by atoms with Crippen molar-refractivity contribution in [3.8, 4) is 0 Å². The monoisotopic (exact) mass is 533 g/mol. The molecule has 2 aliphatic rings. The maximum Gasteiger partial charge on any atom is 0.256 e. The first-order chi connectivity index (χ1) is 17.6. The van der Waals surface area contributed by atoms with Gasteiger partial charge in [0.05, 0.1) is 22.3 Å². The van der Waals surface area contributed by atoms with E-state index in [2.05, 4.69) is 16.0 Å². The van der Waals surface area contributed by atoms with Crippen LogP contribution in [0.4, 0.5) is 13.2 Å². The Balaban J connectivity index is 1.57. The minimum Gasteiger partial charge on any atom is -0.387 e. The number of piperidine rings is 1.